The SMILES string of the molecule is CNCCOCCOCCOCCOCCOCCOCCOCCOCCOCCOCCOCCOC(c1ccccc1)(c1ccccc1)c1ccccc1. The molecule has 0 bridgehead atoms. The first kappa shape index (κ1) is 48.5. The average molecular weight is 802 g/mol. The Morgan fingerprint density at radius 1 is 0.298 bits per heavy atom. The van der Waals surface area contributed by atoms with Crippen LogP contribution in [0.2, 0.25) is 0 Å². The predicted octanol–water partition coefficient (Wildman–Crippen LogP) is 4.40. The molecule has 0 saturated carbocycles. The Labute approximate surface area is 340 Å². The van der Waals surface area contributed by atoms with Crippen LogP contribution in [0.3, 0.4) is 0 Å². The van der Waals surface area contributed by atoms with Crippen molar-refractivity contribution in [3.8, 4) is 0 Å². The molecule has 57 heavy (non-hydrogen) atoms. The normalized spacial score (nSPS) is 11.7. The van der Waals surface area contributed by atoms with Crippen LogP contribution in [0.1, 0.15) is 16.7 Å². The van der Waals surface area contributed by atoms with Gasteiger partial charge in [0, 0.05) is 6.54 Å². The highest BCUT2D eigenvalue weighted by molar-refractivity contribution is 5.47. The molecule has 0 aliphatic heterocycles. The number of hydrogen-bond acceptors (Lipinski definition) is 13. The van der Waals surface area contributed by atoms with Crippen LogP contribution in [-0.4, -0.2) is 166 Å². The Kier molecular flexibility index (Phi) is 29.9. The van der Waals surface area contributed by atoms with Gasteiger partial charge in [0.15, 0.2) is 0 Å². The topological polar surface area (TPSA) is 123 Å². The van der Waals surface area contributed by atoms with Gasteiger partial charge in [-0.15, -0.1) is 0 Å². The van der Waals surface area contributed by atoms with Gasteiger partial charge in [0.2, 0.25) is 0 Å². The Hall–Kier alpha value is -2.86. The molecular weight excluding hydrogens is 734 g/mol. The minimum absolute atomic E-state index is 0.415. The van der Waals surface area contributed by atoms with E-state index < -0.39 is 5.60 Å². The van der Waals surface area contributed by atoms with Crippen LogP contribution < -0.4 is 5.32 Å². The van der Waals surface area contributed by atoms with Crippen molar-refractivity contribution in [1.29, 1.82) is 0 Å². The standard InChI is InChI=1S/C44H67NO12/c1-45-17-18-46-19-20-47-21-22-48-23-24-49-25-26-50-27-28-51-29-30-52-31-32-53-33-34-54-35-36-55-37-38-56-39-40-57-44(41-11-5-2-6-12-41,42-13-7-3-8-14-42)43-15-9-4-10-16-43/h2-16,45H,17-40H2,1H3. The quantitative estimate of drug-likeness (QED) is 0.0647. The third-order valence-electron chi connectivity index (χ3n) is 8.30. The summed E-state index contributed by atoms with van der Waals surface area (Å²) in [4.78, 5) is 0. The van der Waals surface area contributed by atoms with E-state index >= 15 is 0 Å². The molecule has 320 valence electrons. The lowest BCUT2D eigenvalue weighted by Gasteiger charge is -2.36. The highest BCUT2D eigenvalue weighted by Crippen LogP contribution is 2.40. The molecule has 13 nitrogen and oxygen atoms in total. The molecule has 0 fully saturated rings. The molecule has 0 aliphatic carbocycles. The van der Waals surface area contributed by atoms with E-state index in [1.807, 2.05) is 61.6 Å². The number of hydrogen-bond donors (Lipinski definition) is 1. The Morgan fingerprint density at radius 3 is 0.737 bits per heavy atom. The maximum absolute atomic E-state index is 6.73. The molecule has 0 spiro atoms. The van der Waals surface area contributed by atoms with E-state index in [0.717, 1.165) is 23.2 Å². The summed E-state index contributed by atoms with van der Waals surface area (Å²) in [5, 5.41) is 3.02. The zero-order valence-corrected chi connectivity index (χ0v) is 34.0. The van der Waals surface area contributed by atoms with E-state index in [2.05, 4.69) is 41.7 Å². The van der Waals surface area contributed by atoms with Gasteiger partial charge in [-0.2, -0.15) is 0 Å². The van der Waals surface area contributed by atoms with Crippen molar-refractivity contribution in [3.63, 3.8) is 0 Å². The molecule has 0 radical (unpaired) electrons. The molecule has 3 aromatic rings. The molecule has 3 aromatic carbocycles. The summed E-state index contributed by atoms with van der Waals surface area (Å²) in [5.41, 5.74) is 2.45. The fourth-order valence-corrected chi connectivity index (χ4v) is 5.50. The fourth-order valence-electron chi connectivity index (χ4n) is 5.50. The zero-order valence-electron chi connectivity index (χ0n) is 34.0. The van der Waals surface area contributed by atoms with Crippen molar-refractivity contribution in [3.05, 3.63) is 108 Å². The lowest BCUT2D eigenvalue weighted by molar-refractivity contribution is -0.0399. The van der Waals surface area contributed by atoms with Crippen molar-refractivity contribution in [2.45, 2.75) is 5.60 Å². The molecule has 0 aliphatic rings. The summed E-state index contributed by atoms with van der Waals surface area (Å²) in [5.74, 6) is 0. The van der Waals surface area contributed by atoms with E-state index in [4.69, 9.17) is 56.8 Å². The highest BCUT2D eigenvalue weighted by atomic mass is 16.6. The van der Waals surface area contributed by atoms with Gasteiger partial charge in [-0.25, -0.2) is 0 Å². The Balaban J connectivity index is 1.03. The second-order valence-electron chi connectivity index (χ2n) is 12.5. The molecule has 0 saturated heterocycles. The average Bonchev–Trinajstić information content (AvgIpc) is 3.26. The molecule has 0 amide bonds. The summed E-state index contributed by atoms with van der Waals surface area (Å²) in [6.45, 7) is 12.7. The van der Waals surface area contributed by atoms with Crippen LogP contribution >= 0.6 is 0 Å². The number of benzene rings is 3. The lowest BCUT2D eigenvalue weighted by Crippen LogP contribution is -2.34. The van der Waals surface area contributed by atoms with Gasteiger partial charge in [-0.3, -0.25) is 0 Å². The maximum Gasteiger partial charge on any atom is 0.143 e. The maximum atomic E-state index is 6.73. The zero-order chi connectivity index (χ0) is 40.0. The lowest BCUT2D eigenvalue weighted by atomic mass is 9.80. The molecule has 0 aromatic heterocycles. The first-order valence-corrected chi connectivity index (χ1v) is 20.2. The van der Waals surface area contributed by atoms with Crippen LogP contribution in [0, 0.1) is 0 Å². The largest absolute Gasteiger partial charge is 0.378 e. The van der Waals surface area contributed by atoms with E-state index in [9.17, 15) is 0 Å². The summed E-state index contributed by atoms with van der Waals surface area (Å²) in [6.07, 6.45) is 0. The Morgan fingerprint density at radius 2 is 0.509 bits per heavy atom. The van der Waals surface area contributed by atoms with Gasteiger partial charge < -0.3 is 62.2 Å². The third kappa shape index (κ3) is 22.8. The van der Waals surface area contributed by atoms with Gasteiger partial charge >= 0.3 is 0 Å². The molecule has 0 heterocycles. The molecule has 0 atom stereocenters. The summed E-state index contributed by atoms with van der Waals surface area (Å²) in [6, 6.07) is 31.0. The highest BCUT2D eigenvalue weighted by Gasteiger charge is 2.37. The fraction of sp³-hybridized carbons (Fsp3) is 0.591. The van der Waals surface area contributed by atoms with Crippen molar-refractivity contribution in [2.24, 2.45) is 0 Å². The second kappa shape index (κ2) is 35.1. The van der Waals surface area contributed by atoms with Gasteiger partial charge in [0.25, 0.3) is 0 Å². The van der Waals surface area contributed by atoms with Crippen LogP contribution in [-0.2, 0) is 62.4 Å². The van der Waals surface area contributed by atoms with E-state index in [1.165, 1.54) is 0 Å². The minimum Gasteiger partial charge on any atom is -0.378 e. The molecule has 13 heteroatoms. The Bertz CT molecular complexity index is 1180. The summed E-state index contributed by atoms with van der Waals surface area (Å²) < 4.78 is 67.7. The van der Waals surface area contributed by atoms with Crippen molar-refractivity contribution in [1.82, 2.24) is 5.32 Å². The smallest absolute Gasteiger partial charge is 0.143 e. The minimum atomic E-state index is -0.752. The van der Waals surface area contributed by atoms with Crippen LogP contribution in [0.15, 0.2) is 91.0 Å². The predicted molar refractivity (Wildman–Crippen MR) is 218 cm³/mol. The van der Waals surface area contributed by atoms with Crippen LogP contribution in [0.5, 0.6) is 0 Å². The summed E-state index contributed by atoms with van der Waals surface area (Å²) in [7, 11) is 1.90. The monoisotopic (exact) mass is 801 g/mol. The first-order valence-electron chi connectivity index (χ1n) is 20.2. The van der Waals surface area contributed by atoms with Crippen LogP contribution in [0.25, 0.3) is 0 Å². The van der Waals surface area contributed by atoms with Gasteiger partial charge in [-0.05, 0) is 23.7 Å². The summed E-state index contributed by atoms with van der Waals surface area (Å²) >= 11 is 0. The second-order valence-corrected chi connectivity index (χ2v) is 12.5. The van der Waals surface area contributed by atoms with Crippen LogP contribution in [0.4, 0.5) is 0 Å². The molecule has 1 N–H and O–H groups in total. The first-order chi connectivity index (χ1) is 28.4. The number of likely N-dealkylation sites (N-methyl/N-ethyl adjacent to an activating group) is 1. The van der Waals surface area contributed by atoms with E-state index in [0.29, 0.717) is 152 Å². The van der Waals surface area contributed by atoms with E-state index in [1.54, 1.807) is 0 Å². The van der Waals surface area contributed by atoms with Gasteiger partial charge in [0.05, 0.1) is 152 Å². The van der Waals surface area contributed by atoms with Crippen molar-refractivity contribution in [2.75, 3.05) is 166 Å². The number of ether oxygens (including phenoxy) is 12. The van der Waals surface area contributed by atoms with Gasteiger partial charge in [0.1, 0.15) is 5.60 Å². The van der Waals surface area contributed by atoms with Gasteiger partial charge in [-0.1, -0.05) is 91.0 Å². The van der Waals surface area contributed by atoms with E-state index in [-0.39, 0.29) is 0 Å². The molecule has 3 rings (SSSR count). The van der Waals surface area contributed by atoms with Crippen molar-refractivity contribution >= 4 is 0 Å². The third-order valence-corrected chi connectivity index (χ3v) is 8.30. The molecule has 0 unspecified atom stereocenters. The van der Waals surface area contributed by atoms with Crippen molar-refractivity contribution < 1.29 is 56.8 Å². The number of nitrogens with one attached hydrogen (secondary N) is 1. The number of rotatable bonds is 40. The molecular formula is C44H67NO12.